The monoisotopic (exact) mass is 654 g/mol. The van der Waals surface area contributed by atoms with Gasteiger partial charge in [-0.2, -0.15) is 0 Å². The molecule has 0 N–H and O–H groups in total. The van der Waals surface area contributed by atoms with Gasteiger partial charge in [0.1, 0.15) is 12.6 Å². The third-order valence-corrected chi connectivity index (χ3v) is 8.46. The molecule has 0 saturated carbocycles. The molecule has 0 amide bonds. The highest BCUT2D eigenvalue weighted by Gasteiger charge is 2.25. The molecule has 0 fully saturated rings. The molecular weight excluding hydrogens is 582 g/mol. The standard InChI is InChI=1S/C38H71NO7/c1-6-7-8-9-10-11-12-13-14-15-16-17-18-19-20-21-22-23-24-25-26-27-28-29-37(41)46-35(33-45-34(2)40)32-44-31-30-36(38(42)43)39(3,4)5/h15-16,35-36H,6-14,17-33H2,1-5H3/b16-15-. The van der Waals surface area contributed by atoms with Gasteiger partial charge < -0.3 is 28.6 Å². The van der Waals surface area contributed by atoms with Crippen LogP contribution < -0.4 is 5.11 Å². The van der Waals surface area contributed by atoms with E-state index in [1.165, 1.54) is 122 Å². The first-order valence-corrected chi connectivity index (χ1v) is 18.7. The molecule has 270 valence electrons. The van der Waals surface area contributed by atoms with Crippen molar-refractivity contribution in [3.8, 4) is 0 Å². The van der Waals surface area contributed by atoms with E-state index in [-0.39, 0.29) is 36.7 Å². The van der Waals surface area contributed by atoms with Crippen molar-refractivity contribution in [1.82, 2.24) is 0 Å². The van der Waals surface area contributed by atoms with E-state index in [4.69, 9.17) is 14.2 Å². The van der Waals surface area contributed by atoms with E-state index in [1.54, 1.807) is 21.1 Å². The Morgan fingerprint density at radius 3 is 1.57 bits per heavy atom. The van der Waals surface area contributed by atoms with Crippen LogP contribution in [0.5, 0.6) is 0 Å². The summed E-state index contributed by atoms with van der Waals surface area (Å²) in [6.45, 7) is 3.68. The summed E-state index contributed by atoms with van der Waals surface area (Å²) < 4.78 is 16.3. The van der Waals surface area contributed by atoms with Crippen molar-refractivity contribution in [3.05, 3.63) is 12.2 Å². The first-order valence-electron chi connectivity index (χ1n) is 18.7. The van der Waals surface area contributed by atoms with Gasteiger partial charge in [0.25, 0.3) is 0 Å². The molecule has 0 heterocycles. The average molecular weight is 654 g/mol. The normalized spacial score (nSPS) is 13.2. The zero-order valence-electron chi connectivity index (χ0n) is 30.5. The molecule has 0 saturated heterocycles. The SMILES string of the molecule is CCCCCCCCCC/C=C\CCCCCCCCCCCCCC(=O)OC(COCCC(C(=O)[O-])[N+](C)(C)C)COC(C)=O. The second-order valence-corrected chi connectivity index (χ2v) is 13.9. The number of allylic oxidation sites excluding steroid dienone is 2. The zero-order chi connectivity index (χ0) is 34.3. The van der Waals surface area contributed by atoms with Gasteiger partial charge >= 0.3 is 11.9 Å². The van der Waals surface area contributed by atoms with Gasteiger partial charge in [0, 0.05) is 19.8 Å². The van der Waals surface area contributed by atoms with Crippen LogP contribution in [0, 0.1) is 0 Å². The number of carbonyl (C=O) groups is 3. The van der Waals surface area contributed by atoms with Gasteiger partial charge in [0.2, 0.25) is 0 Å². The highest BCUT2D eigenvalue weighted by atomic mass is 16.6. The largest absolute Gasteiger partial charge is 0.544 e. The Morgan fingerprint density at radius 1 is 0.674 bits per heavy atom. The molecule has 0 aromatic carbocycles. The zero-order valence-corrected chi connectivity index (χ0v) is 30.5. The Morgan fingerprint density at radius 2 is 1.13 bits per heavy atom. The molecule has 0 bridgehead atoms. The third kappa shape index (κ3) is 29.5. The predicted molar refractivity (Wildman–Crippen MR) is 185 cm³/mol. The van der Waals surface area contributed by atoms with Crippen LogP contribution in [0.25, 0.3) is 0 Å². The van der Waals surface area contributed by atoms with Crippen LogP contribution in [0.1, 0.15) is 162 Å². The minimum atomic E-state index is -1.13. The minimum absolute atomic E-state index is 0.0341. The number of quaternary nitrogens is 1. The molecule has 0 aromatic heterocycles. The molecule has 2 atom stereocenters. The summed E-state index contributed by atoms with van der Waals surface area (Å²) in [6.07, 6.45) is 31.5. The number of likely N-dealkylation sites (N-methyl/N-ethyl adjacent to an activating group) is 1. The van der Waals surface area contributed by atoms with Crippen LogP contribution in [-0.4, -0.2) is 75.5 Å². The van der Waals surface area contributed by atoms with Crippen LogP contribution in [0.2, 0.25) is 0 Å². The third-order valence-electron chi connectivity index (χ3n) is 8.46. The molecular formula is C38H71NO7. The molecule has 46 heavy (non-hydrogen) atoms. The lowest BCUT2D eigenvalue weighted by Crippen LogP contribution is -2.55. The molecule has 8 heteroatoms. The van der Waals surface area contributed by atoms with Crippen molar-refractivity contribution in [1.29, 1.82) is 0 Å². The van der Waals surface area contributed by atoms with Crippen LogP contribution in [0.15, 0.2) is 12.2 Å². The minimum Gasteiger partial charge on any atom is -0.544 e. The van der Waals surface area contributed by atoms with E-state index in [0.29, 0.717) is 6.42 Å². The van der Waals surface area contributed by atoms with Gasteiger partial charge in [-0.1, -0.05) is 122 Å². The number of hydrogen-bond acceptors (Lipinski definition) is 7. The van der Waals surface area contributed by atoms with Gasteiger partial charge in [-0.3, -0.25) is 9.59 Å². The molecule has 0 aliphatic carbocycles. The van der Waals surface area contributed by atoms with Gasteiger partial charge in [-0.05, 0) is 32.1 Å². The van der Waals surface area contributed by atoms with E-state index >= 15 is 0 Å². The predicted octanol–water partition coefficient (Wildman–Crippen LogP) is 7.85. The summed E-state index contributed by atoms with van der Waals surface area (Å²) in [5, 5.41) is 11.4. The molecule has 0 aliphatic heterocycles. The summed E-state index contributed by atoms with van der Waals surface area (Å²) in [6, 6.07) is -0.717. The highest BCUT2D eigenvalue weighted by molar-refractivity contribution is 5.70. The second kappa shape index (κ2) is 30.4. The maximum Gasteiger partial charge on any atom is 0.306 e. The van der Waals surface area contributed by atoms with Crippen molar-refractivity contribution in [2.24, 2.45) is 0 Å². The van der Waals surface area contributed by atoms with E-state index in [0.717, 1.165) is 19.3 Å². The number of carboxylic acids is 1. The number of esters is 2. The number of rotatable bonds is 33. The first kappa shape index (κ1) is 44.1. The lowest BCUT2D eigenvalue weighted by Gasteiger charge is -2.34. The Balaban J connectivity index is 3.76. The van der Waals surface area contributed by atoms with Crippen LogP contribution in [-0.2, 0) is 28.6 Å². The second-order valence-electron chi connectivity index (χ2n) is 13.9. The lowest BCUT2D eigenvalue weighted by atomic mass is 10.0. The van der Waals surface area contributed by atoms with Crippen LogP contribution in [0.3, 0.4) is 0 Å². The van der Waals surface area contributed by atoms with E-state index < -0.39 is 24.1 Å². The van der Waals surface area contributed by atoms with Gasteiger partial charge in [0.15, 0.2) is 6.10 Å². The maximum absolute atomic E-state index is 12.4. The Labute approximate surface area is 282 Å². The summed E-state index contributed by atoms with van der Waals surface area (Å²) in [7, 11) is 5.35. The van der Waals surface area contributed by atoms with Crippen molar-refractivity contribution >= 4 is 17.9 Å². The van der Waals surface area contributed by atoms with E-state index in [9.17, 15) is 19.5 Å². The summed E-state index contributed by atoms with van der Waals surface area (Å²) >= 11 is 0. The fraction of sp³-hybridized carbons (Fsp3) is 0.868. The smallest absolute Gasteiger partial charge is 0.306 e. The fourth-order valence-electron chi connectivity index (χ4n) is 5.56. The van der Waals surface area contributed by atoms with Gasteiger partial charge in [0.05, 0.1) is 40.3 Å². The molecule has 0 spiro atoms. The Bertz CT molecular complexity index is 778. The maximum atomic E-state index is 12.4. The first-order chi connectivity index (χ1) is 22.1. The fourth-order valence-corrected chi connectivity index (χ4v) is 5.56. The number of carbonyl (C=O) groups excluding carboxylic acids is 3. The lowest BCUT2D eigenvalue weighted by molar-refractivity contribution is -0.889. The summed E-state index contributed by atoms with van der Waals surface area (Å²) in [5.41, 5.74) is 0. The van der Waals surface area contributed by atoms with Crippen molar-refractivity contribution in [3.63, 3.8) is 0 Å². The van der Waals surface area contributed by atoms with Crippen LogP contribution >= 0.6 is 0 Å². The number of hydrogen-bond donors (Lipinski definition) is 0. The Kier molecular flexibility index (Phi) is 29.1. The number of aliphatic carboxylic acids is 1. The average Bonchev–Trinajstić information content (AvgIpc) is 2.99. The molecule has 0 radical (unpaired) electrons. The topological polar surface area (TPSA) is 102 Å². The van der Waals surface area contributed by atoms with Gasteiger partial charge in [-0.15, -0.1) is 0 Å². The number of nitrogens with zero attached hydrogens (tertiary/aromatic N) is 1. The molecule has 0 aromatic rings. The summed E-state index contributed by atoms with van der Waals surface area (Å²) in [5.74, 6) is -1.93. The number of unbranched alkanes of at least 4 members (excludes halogenated alkanes) is 19. The molecule has 2 unspecified atom stereocenters. The number of ether oxygens (including phenoxy) is 3. The molecule has 0 rings (SSSR count). The number of carboxylic acid groups (broad SMARTS) is 1. The van der Waals surface area contributed by atoms with E-state index in [1.807, 2.05) is 0 Å². The molecule has 0 aliphatic rings. The van der Waals surface area contributed by atoms with Crippen molar-refractivity contribution < 1.29 is 38.2 Å². The quantitative estimate of drug-likeness (QED) is 0.0308. The highest BCUT2D eigenvalue weighted by Crippen LogP contribution is 2.14. The van der Waals surface area contributed by atoms with E-state index in [2.05, 4.69) is 19.1 Å². The molecule has 8 nitrogen and oxygen atoms in total. The van der Waals surface area contributed by atoms with Crippen molar-refractivity contribution in [2.75, 3.05) is 41.0 Å². The van der Waals surface area contributed by atoms with Crippen molar-refractivity contribution in [2.45, 2.75) is 174 Å². The van der Waals surface area contributed by atoms with Gasteiger partial charge in [-0.25, -0.2) is 0 Å². The summed E-state index contributed by atoms with van der Waals surface area (Å²) in [4.78, 5) is 35.0. The van der Waals surface area contributed by atoms with Crippen LogP contribution in [0.4, 0.5) is 0 Å². The Hall–Kier alpha value is -1.93.